The Morgan fingerprint density at radius 3 is 2.00 bits per heavy atom. The molecule has 0 saturated heterocycles. The number of aliphatic hydroxyl groups is 2. The summed E-state index contributed by atoms with van der Waals surface area (Å²) < 4.78 is 0. The summed E-state index contributed by atoms with van der Waals surface area (Å²) in [7, 11) is 0. The first-order valence-corrected chi connectivity index (χ1v) is 5.82. The molecular weight excluding hydrogens is 282 g/mol. The Hall–Kier alpha value is -2.90. The highest BCUT2D eigenvalue weighted by atomic mass is 16.6. The summed E-state index contributed by atoms with van der Waals surface area (Å²) >= 11 is 0. The van der Waals surface area contributed by atoms with Gasteiger partial charge in [0.05, 0.1) is 4.92 Å². The van der Waals surface area contributed by atoms with Gasteiger partial charge in [0.15, 0.2) is 0 Å². The molecule has 1 aromatic rings. The van der Waals surface area contributed by atoms with Crippen molar-refractivity contribution in [2.75, 3.05) is 0 Å². The molecule has 112 valence electrons. The molecule has 0 radical (unpaired) electrons. The second-order valence-electron chi connectivity index (χ2n) is 4.28. The Morgan fingerprint density at radius 2 is 1.67 bits per heavy atom. The molecule has 3 N–H and O–H groups in total. The molecule has 0 fully saturated rings. The SMILES string of the molecule is CC(=O)C(C(=O)O)C(C(=C(O)O)[N+](=O)[O-])c1ccccc1. The van der Waals surface area contributed by atoms with Crippen LogP contribution in [0, 0.1) is 16.0 Å². The number of hydrogen-bond acceptors (Lipinski definition) is 6. The van der Waals surface area contributed by atoms with Gasteiger partial charge in [0.25, 0.3) is 0 Å². The molecule has 0 spiro atoms. The van der Waals surface area contributed by atoms with E-state index in [4.69, 9.17) is 15.3 Å². The van der Waals surface area contributed by atoms with Crippen LogP contribution in [0.2, 0.25) is 0 Å². The molecule has 0 heterocycles. The highest BCUT2D eigenvalue weighted by Crippen LogP contribution is 2.34. The lowest BCUT2D eigenvalue weighted by Crippen LogP contribution is -2.32. The molecule has 0 amide bonds. The number of carbonyl (C=O) groups excluding carboxylic acids is 1. The number of carboxylic acids is 1. The van der Waals surface area contributed by atoms with Crippen LogP contribution in [0.3, 0.4) is 0 Å². The fourth-order valence-electron chi connectivity index (χ4n) is 2.05. The molecule has 8 nitrogen and oxygen atoms in total. The van der Waals surface area contributed by atoms with Gasteiger partial charge in [0.2, 0.25) is 0 Å². The second-order valence-corrected chi connectivity index (χ2v) is 4.28. The number of nitro groups is 1. The number of aliphatic hydroxyl groups excluding tert-OH is 1. The molecule has 0 saturated carbocycles. The Morgan fingerprint density at radius 1 is 1.14 bits per heavy atom. The van der Waals surface area contributed by atoms with Crippen molar-refractivity contribution in [1.29, 1.82) is 0 Å². The Labute approximate surface area is 119 Å². The number of benzene rings is 1. The van der Waals surface area contributed by atoms with E-state index in [0.29, 0.717) is 0 Å². The van der Waals surface area contributed by atoms with E-state index in [1.807, 2.05) is 0 Å². The van der Waals surface area contributed by atoms with E-state index in [2.05, 4.69) is 0 Å². The second kappa shape index (κ2) is 6.51. The number of aliphatic carboxylic acids is 1. The van der Waals surface area contributed by atoms with E-state index in [0.717, 1.165) is 6.92 Å². The normalized spacial score (nSPS) is 13.0. The first-order chi connectivity index (χ1) is 9.77. The van der Waals surface area contributed by atoms with Gasteiger partial charge in [-0.25, -0.2) is 0 Å². The smallest absolute Gasteiger partial charge is 0.351 e. The number of rotatable bonds is 6. The van der Waals surface area contributed by atoms with E-state index >= 15 is 0 Å². The number of Topliss-reactive ketones (excluding diaryl/α,β-unsaturated/α-hetero) is 1. The standard InChI is InChI=1S/C13H13NO7/c1-7(15)9(12(16)17)10(8-5-3-2-4-6-8)11(13(18)19)14(20)21/h2-6,9-10,18-19H,1H3,(H,16,17). The molecule has 0 aliphatic carbocycles. The van der Waals surface area contributed by atoms with E-state index in [1.165, 1.54) is 24.3 Å². The molecule has 21 heavy (non-hydrogen) atoms. The zero-order valence-electron chi connectivity index (χ0n) is 11.0. The summed E-state index contributed by atoms with van der Waals surface area (Å²) in [5.41, 5.74) is -1.02. The number of ketones is 1. The van der Waals surface area contributed by atoms with Gasteiger partial charge < -0.3 is 15.3 Å². The summed E-state index contributed by atoms with van der Waals surface area (Å²) in [6, 6.07) is 7.32. The van der Waals surface area contributed by atoms with Crippen LogP contribution in [-0.4, -0.2) is 32.0 Å². The monoisotopic (exact) mass is 295 g/mol. The third-order valence-corrected chi connectivity index (χ3v) is 2.92. The van der Waals surface area contributed by atoms with Gasteiger partial charge in [-0.1, -0.05) is 30.3 Å². The molecule has 8 heteroatoms. The third kappa shape index (κ3) is 3.56. The van der Waals surface area contributed by atoms with Gasteiger partial charge in [-0.05, 0) is 12.5 Å². The number of hydrogen-bond donors (Lipinski definition) is 3. The highest BCUT2D eigenvalue weighted by Gasteiger charge is 2.44. The maximum absolute atomic E-state index is 11.6. The average Bonchev–Trinajstić information content (AvgIpc) is 2.37. The zero-order valence-corrected chi connectivity index (χ0v) is 11.0. The number of nitrogens with zero attached hydrogens (tertiary/aromatic N) is 1. The van der Waals surface area contributed by atoms with Crippen LogP contribution in [0.4, 0.5) is 0 Å². The highest BCUT2D eigenvalue weighted by molar-refractivity contribution is 5.98. The van der Waals surface area contributed by atoms with Gasteiger partial charge in [-0.3, -0.25) is 19.7 Å². The summed E-state index contributed by atoms with van der Waals surface area (Å²) in [6.07, 6.45) is 0. The van der Waals surface area contributed by atoms with Crippen LogP contribution in [0.1, 0.15) is 18.4 Å². The summed E-state index contributed by atoms with van der Waals surface area (Å²) in [5.74, 6) is -7.46. The predicted octanol–water partition coefficient (Wildman–Crippen LogP) is 1.62. The minimum absolute atomic E-state index is 0.118. The lowest BCUT2D eigenvalue weighted by atomic mass is 9.81. The quantitative estimate of drug-likeness (QED) is 0.313. The van der Waals surface area contributed by atoms with Crippen molar-refractivity contribution >= 4 is 11.8 Å². The van der Waals surface area contributed by atoms with E-state index < -0.39 is 40.2 Å². The topological polar surface area (TPSA) is 138 Å². The average molecular weight is 295 g/mol. The third-order valence-electron chi connectivity index (χ3n) is 2.92. The van der Waals surface area contributed by atoms with Gasteiger partial charge in [0, 0.05) is 0 Å². The van der Waals surface area contributed by atoms with Crippen LogP contribution < -0.4 is 0 Å². The molecule has 0 aliphatic heterocycles. The molecule has 0 aromatic heterocycles. The number of allylic oxidation sites excluding steroid dienone is 1. The summed E-state index contributed by atoms with van der Waals surface area (Å²) in [6.45, 7) is 0.973. The minimum Gasteiger partial charge on any atom is -0.481 e. The van der Waals surface area contributed by atoms with Crippen molar-refractivity contribution in [2.45, 2.75) is 12.8 Å². The Kier molecular flexibility index (Phi) is 5.01. The zero-order chi connectivity index (χ0) is 16.2. The van der Waals surface area contributed by atoms with Crippen molar-refractivity contribution in [3.05, 3.63) is 57.7 Å². The van der Waals surface area contributed by atoms with Crippen molar-refractivity contribution in [1.82, 2.24) is 0 Å². The van der Waals surface area contributed by atoms with Crippen LogP contribution in [0.15, 0.2) is 42.0 Å². The lowest BCUT2D eigenvalue weighted by molar-refractivity contribution is -0.436. The summed E-state index contributed by atoms with van der Waals surface area (Å²) in [5, 5.41) is 38.4. The van der Waals surface area contributed by atoms with E-state index in [9.17, 15) is 19.7 Å². The van der Waals surface area contributed by atoms with Crippen LogP contribution >= 0.6 is 0 Å². The van der Waals surface area contributed by atoms with E-state index in [1.54, 1.807) is 6.07 Å². The van der Waals surface area contributed by atoms with Crippen molar-refractivity contribution in [2.24, 2.45) is 5.92 Å². The molecule has 2 atom stereocenters. The molecule has 1 rings (SSSR count). The minimum atomic E-state index is -1.80. The fraction of sp³-hybridized carbons (Fsp3) is 0.231. The van der Waals surface area contributed by atoms with E-state index in [-0.39, 0.29) is 5.56 Å². The molecule has 2 unspecified atom stereocenters. The summed E-state index contributed by atoms with van der Waals surface area (Å²) in [4.78, 5) is 32.8. The van der Waals surface area contributed by atoms with Gasteiger partial charge in [-0.15, -0.1) is 0 Å². The number of carboxylic acid groups (broad SMARTS) is 1. The predicted molar refractivity (Wildman–Crippen MR) is 70.3 cm³/mol. The van der Waals surface area contributed by atoms with Crippen molar-refractivity contribution < 1.29 is 29.8 Å². The number of carbonyl (C=O) groups is 2. The molecule has 1 aromatic carbocycles. The van der Waals surface area contributed by atoms with Gasteiger partial charge in [-0.2, -0.15) is 0 Å². The fourth-order valence-corrected chi connectivity index (χ4v) is 2.05. The first-order valence-electron chi connectivity index (χ1n) is 5.82. The van der Waals surface area contributed by atoms with Crippen molar-refractivity contribution in [3.8, 4) is 0 Å². The van der Waals surface area contributed by atoms with Gasteiger partial charge in [0.1, 0.15) is 17.6 Å². The molecular formula is C13H13NO7. The molecule has 0 bridgehead atoms. The largest absolute Gasteiger partial charge is 0.481 e. The van der Waals surface area contributed by atoms with Crippen LogP contribution in [0.5, 0.6) is 0 Å². The molecule has 0 aliphatic rings. The maximum atomic E-state index is 11.6. The van der Waals surface area contributed by atoms with Gasteiger partial charge >= 0.3 is 17.6 Å². The van der Waals surface area contributed by atoms with Crippen molar-refractivity contribution in [3.63, 3.8) is 0 Å². The Balaban J connectivity index is 3.58. The van der Waals surface area contributed by atoms with Crippen LogP contribution in [-0.2, 0) is 9.59 Å². The lowest BCUT2D eigenvalue weighted by Gasteiger charge is -2.19. The van der Waals surface area contributed by atoms with Crippen LogP contribution in [0.25, 0.3) is 0 Å². The Bertz CT molecular complexity index is 576. The maximum Gasteiger partial charge on any atom is 0.351 e. The first kappa shape index (κ1) is 16.2.